The lowest BCUT2D eigenvalue weighted by Crippen LogP contribution is -2.40. The maximum absolute atomic E-state index is 13.6. The van der Waals surface area contributed by atoms with Crippen LogP contribution in [0.4, 0.5) is 11.5 Å². The second-order valence-corrected chi connectivity index (χ2v) is 11.0. The number of likely N-dealkylation sites (N-methyl/N-ethyl adjacent to an activating group) is 1. The molecule has 0 radical (unpaired) electrons. The Labute approximate surface area is 220 Å². The molecule has 2 rings (SSSR count). The highest BCUT2D eigenvalue weighted by Gasteiger charge is 2.30. The van der Waals surface area contributed by atoms with Crippen molar-refractivity contribution in [2.75, 3.05) is 29.9 Å². The van der Waals surface area contributed by atoms with E-state index in [-0.39, 0.29) is 16.7 Å². The number of benzene rings is 1. The Morgan fingerprint density at radius 1 is 0.944 bits per heavy atom. The number of hydrogen-bond acceptors (Lipinski definition) is 4. The fourth-order valence-electron chi connectivity index (χ4n) is 4.39. The van der Waals surface area contributed by atoms with Crippen LogP contribution < -0.4 is 14.5 Å². The van der Waals surface area contributed by atoms with E-state index >= 15 is 0 Å². The van der Waals surface area contributed by atoms with Crippen LogP contribution in [-0.2, 0) is 15.6 Å². The lowest BCUT2D eigenvalue weighted by Gasteiger charge is -2.32. The zero-order valence-electron chi connectivity index (χ0n) is 24.7. The first-order valence-corrected chi connectivity index (χ1v) is 13.7. The quantitative estimate of drug-likeness (QED) is 0.307. The molecule has 1 heterocycles. The highest BCUT2D eigenvalue weighted by Crippen LogP contribution is 2.39. The third-order valence-electron chi connectivity index (χ3n) is 8.00. The van der Waals surface area contributed by atoms with E-state index in [0.717, 1.165) is 48.9 Å². The summed E-state index contributed by atoms with van der Waals surface area (Å²) in [5, 5.41) is 0. The molecule has 1 unspecified atom stereocenters. The number of amides is 1. The van der Waals surface area contributed by atoms with Crippen molar-refractivity contribution in [1.82, 2.24) is 4.98 Å². The highest BCUT2D eigenvalue weighted by atomic mass is 16.5. The van der Waals surface area contributed by atoms with E-state index in [4.69, 9.17) is 9.72 Å². The van der Waals surface area contributed by atoms with Gasteiger partial charge in [-0.25, -0.2) is 4.98 Å². The summed E-state index contributed by atoms with van der Waals surface area (Å²) in [6.07, 6.45) is 2.05. The van der Waals surface area contributed by atoms with Crippen molar-refractivity contribution < 1.29 is 9.53 Å². The maximum Gasteiger partial charge on any atom is 0.267 e. The second kappa shape index (κ2) is 12.1. The van der Waals surface area contributed by atoms with Gasteiger partial charge >= 0.3 is 0 Å². The van der Waals surface area contributed by atoms with Gasteiger partial charge < -0.3 is 14.5 Å². The third-order valence-corrected chi connectivity index (χ3v) is 8.00. The Balaban J connectivity index is 2.39. The molecule has 0 N–H and O–H groups in total. The molecule has 0 spiro atoms. The normalized spacial score (nSPS) is 12.9. The molecule has 5 heteroatoms. The average molecular weight is 496 g/mol. The zero-order chi connectivity index (χ0) is 27.3. The molecular weight excluding hydrogens is 446 g/mol. The van der Waals surface area contributed by atoms with Crippen molar-refractivity contribution in [1.29, 1.82) is 0 Å². The number of aromatic nitrogens is 1. The second-order valence-electron chi connectivity index (χ2n) is 11.0. The number of anilines is 2. The Morgan fingerprint density at radius 3 is 2.06 bits per heavy atom. The lowest BCUT2D eigenvalue weighted by atomic mass is 9.76. The summed E-state index contributed by atoms with van der Waals surface area (Å²) in [6, 6.07) is 10.5. The van der Waals surface area contributed by atoms with Crippen molar-refractivity contribution in [2.24, 2.45) is 0 Å². The number of ether oxygens (including phenoxy) is 1. The van der Waals surface area contributed by atoms with Crippen LogP contribution in [0.25, 0.3) is 0 Å². The Hall–Kier alpha value is -2.56. The van der Waals surface area contributed by atoms with E-state index in [1.165, 1.54) is 11.1 Å². The summed E-state index contributed by atoms with van der Waals surface area (Å²) in [5.41, 5.74) is 4.14. The summed E-state index contributed by atoms with van der Waals surface area (Å²) in [4.78, 5) is 22.3. The summed E-state index contributed by atoms with van der Waals surface area (Å²) in [5.74, 6) is 1.68. The van der Waals surface area contributed by atoms with Gasteiger partial charge in [0.2, 0.25) is 0 Å². The number of hydrogen-bond donors (Lipinski definition) is 0. The SMILES string of the molecule is CCC(Oc1ccc(C(C)(C)CC)cc1C(C)(C)CC)C(=O)N(C)c1ccc(N(CC)CC)nc1C. The van der Waals surface area contributed by atoms with E-state index in [2.05, 4.69) is 78.5 Å². The fraction of sp³-hybridized carbons (Fsp3) is 0.613. The van der Waals surface area contributed by atoms with E-state index in [9.17, 15) is 4.79 Å². The smallest absolute Gasteiger partial charge is 0.267 e. The summed E-state index contributed by atoms with van der Waals surface area (Å²) in [7, 11) is 1.82. The molecule has 0 fully saturated rings. The van der Waals surface area contributed by atoms with Gasteiger partial charge in [-0.2, -0.15) is 0 Å². The molecular formula is C31H49N3O2. The number of nitrogens with zero attached hydrogens (tertiary/aromatic N) is 3. The number of carbonyl (C=O) groups is 1. The largest absolute Gasteiger partial charge is 0.480 e. The predicted molar refractivity (Wildman–Crippen MR) is 154 cm³/mol. The van der Waals surface area contributed by atoms with Gasteiger partial charge in [-0.1, -0.05) is 60.6 Å². The first-order valence-electron chi connectivity index (χ1n) is 13.7. The van der Waals surface area contributed by atoms with Gasteiger partial charge in [0.25, 0.3) is 5.91 Å². The van der Waals surface area contributed by atoms with Crippen molar-refractivity contribution in [3.63, 3.8) is 0 Å². The van der Waals surface area contributed by atoms with E-state index in [1.54, 1.807) is 4.90 Å². The third kappa shape index (κ3) is 6.41. The molecule has 200 valence electrons. The van der Waals surface area contributed by atoms with E-state index in [0.29, 0.717) is 6.42 Å². The summed E-state index contributed by atoms with van der Waals surface area (Å²) >= 11 is 0. The summed E-state index contributed by atoms with van der Waals surface area (Å²) < 4.78 is 6.51. The van der Waals surface area contributed by atoms with Gasteiger partial charge in [0.15, 0.2) is 6.10 Å². The van der Waals surface area contributed by atoms with Crippen molar-refractivity contribution >= 4 is 17.4 Å². The average Bonchev–Trinajstić information content (AvgIpc) is 2.87. The highest BCUT2D eigenvalue weighted by molar-refractivity contribution is 5.96. The van der Waals surface area contributed by atoms with Gasteiger partial charge in [-0.05, 0) is 74.6 Å². The Morgan fingerprint density at radius 2 is 1.56 bits per heavy atom. The molecule has 36 heavy (non-hydrogen) atoms. The molecule has 0 saturated carbocycles. The zero-order valence-corrected chi connectivity index (χ0v) is 24.7. The minimum Gasteiger partial charge on any atom is -0.480 e. The van der Waals surface area contributed by atoms with Crippen LogP contribution >= 0.6 is 0 Å². The van der Waals surface area contributed by atoms with Crippen LogP contribution in [0.3, 0.4) is 0 Å². The Bertz CT molecular complexity index is 1020. The molecule has 1 amide bonds. The van der Waals surface area contributed by atoms with Crippen LogP contribution in [0.15, 0.2) is 30.3 Å². The molecule has 0 aliphatic heterocycles. The molecule has 1 atom stereocenters. The molecule has 0 saturated heterocycles. The molecule has 0 aliphatic rings. The number of carbonyl (C=O) groups excluding carboxylic acids is 1. The number of pyridine rings is 1. The molecule has 0 bridgehead atoms. The molecule has 5 nitrogen and oxygen atoms in total. The Kier molecular flexibility index (Phi) is 9.99. The van der Waals surface area contributed by atoms with Gasteiger partial charge in [0.05, 0.1) is 11.4 Å². The topological polar surface area (TPSA) is 45.7 Å². The first-order chi connectivity index (χ1) is 16.9. The molecule has 1 aromatic heterocycles. The first kappa shape index (κ1) is 29.7. The minimum absolute atomic E-state index is 0.0591. The number of aryl methyl sites for hydroxylation is 1. The minimum atomic E-state index is -0.576. The van der Waals surface area contributed by atoms with Gasteiger partial charge in [-0.3, -0.25) is 4.79 Å². The van der Waals surface area contributed by atoms with Crippen molar-refractivity contribution in [3.8, 4) is 5.75 Å². The van der Waals surface area contributed by atoms with Crippen LogP contribution in [0.1, 0.15) is 98.4 Å². The molecule has 1 aromatic carbocycles. The van der Waals surface area contributed by atoms with Gasteiger partial charge in [-0.15, -0.1) is 0 Å². The van der Waals surface area contributed by atoms with Crippen LogP contribution in [-0.4, -0.2) is 37.1 Å². The van der Waals surface area contributed by atoms with Gasteiger partial charge in [0.1, 0.15) is 11.6 Å². The van der Waals surface area contributed by atoms with E-state index in [1.807, 2.05) is 33.0 Å². The molecule has 0 aliphatic carbocycles. The van der Waals surface area contributed by atoms with Crippen LogP contribution in [0.2, 0.25) is 0 Å². The maximum atomic E-state index is 13.6. The summed E-state index contributed by atoms with van der Waals surface area (Å²) in [6.45, 7) is 23.5. The number of rotatable bonds is 12. The van der Waals surface area contributed by atoms with Crippen molar-refractivity contribution in [3.05, 3.63) is 47.2 Å². The monoisotopic (exact) mass is 495 g/mol. The van der Waals surface area contributed by atoms with Crippen LogP contribution in [0, 0.1) is 6.92 Å². The lowest BCUT2D eigenvalue weighted by molar-refractivity contribution is -0.125. The van der Waals surface area contributed by atoms with E-state index < -0.39 is 6.10 Å². The predicted octanol–water partition coefficient (Wildman–Crippen LogP) is 7.43. The van der Waals surface area contributed by atoms with Crippen molar-refractivity contribution in [2.45, 2.75) is 105 Å². The fourth-order valence-corrected chi connectivity index (χ4v) is 4.39. The molecule has 2 aromatic rings. The van der Waals surface area contributed by atoms with Crippen LogP contribution in [0.5, 0.6) is 5.75 Å². The standard InChI is InChI=1S/C31H49N3O2/c1-12-26(29(35)33(11)25-18-20-28(32-22(25)6)34(15-4)16-5)36-27-19-17-23(30(7,8)13-2)21-24(27)31(9,10)14-3/h17-21,26H,12-16H2,1-11H3. The van der Waals surface area contributed by atoms with Gasteiger partial charge in [0, 0.05) is 25.7 Å².